The zero-order valence-electron chi connectivity index (χ0n) is 14.3. The maximum absolute atomic E-state index is 12.3. The van der Waals surface area contributed by atoms with Crippen LogP contribution in [-0.4, -0.2) is 31.7 Å². The van der Waals surface area contributed by atoms with E-state index < -0.39 is 18.1 Å². The first-order valence-corrected chi connectivity index (χ1v) is 7.67. The van der Waals surface area contributed by atoms with Crippen molar-refractivity contribution in [2.24, 2.45) is 0 Å². The van der Waals surface area contributed by atoms with Gasteiger partial charge in [-0.05, 0) is 19.1 Å². The highest BCUT2D eigenvalue weighted by atomic mass is 35.5. The molecule has 0 heterocycles. The van der Waals surface area contributed by atoms with Crippen molar-refractivity contribution in [1.29, 1.82) is 0 Å². The van der Waals surface area contributed by atoms with Crippen LogP contribution in [0.15, 0.2) is 24.3 Å². The molecule has 0 bridgehead atoms. The summed E-state index contributed by atoms with van der Waals surface area (Å²) in [5.41, 5.74) is 0.0671. The van der Waals surface area contributed by atoms with Crippen molar-refractivity contribution >= 4 is 17.6 Å². The molecular formula is C17H14ClF3O6. The van der Waals surface area contributed by atoms with Gasteiger partial charge in [0.2, 0.25) is 0 Å². The van der Waals surface area contributed by atoms with Gasteiger partial charge in [-0.15, -0.1) is 13.2 Å². The van der Waals surface area contributed by atoms with Gasteiger partial charge in [0.25, 0.3) is 0 Å². The van der Waals surface area contributed by atoms with Gasteiger partial charge in [-0.3, -0.25) is 0 Å². The molecule has 6 nitrogen and oxygen atoms in total. The van der Waals surface area contributed by atoms with Gasteiger partial charge in [0.1, 0.15) is 22.8 Å². The lowest BCUT2D eigenvalue weighted by molar-refractivity contribution is -0.274. The van der Waals surface area contributed by atoms with Crippen molar-refractivity contribution in [3.8, 4) is 28.7 Å². The van der Waals surface area contributed by atoms with Crippen LogP contribution < -0.4 is 18.9 Å². The highest BCUT2D eigenvalue weighted by Crippen LogP contribution is 2.42. The SMILES string of the molecule is COc1cc(OC(F)(F)F)ccc1Oc1cc(OC)c(C)c(Cl)c1C(=O)O. The number of methoxy groups -OCH3 is 2. The second-order valence-corrected chi connectivity index (χ2v) is 5.54. The number of hydrogen-bond acceptors (Lipinski definition) is 5. The molecule has 0 aromatic heterocycles. The monoisotopic (exact) mass is 406 g/mol. The van der Waals surface area contributed by atoms with Crippen molar-refractivity contribution in [2.45, 2.75) is 13.3 Å². The minimum Gasteiger partial charge on any atom is -0.496 e. The summed E-state index contributed by atoms with van der Waals surface area (Å²) in [6, 6.07) is 4.41. The lowest BCUT2D eigenvalue weighted by Gasteiger charge is -2.17. The Morgan fingerprint density at radius 2 is 1.67 bits per heavy atom. The Labute approximate surface area is 157 Å². The van der Waals surface area contributed by atoms with Crippen LogP contribution >= 0.6 is 11.6 Å². The molecule has 0 atom stereocenters. The number of halogens is 4. The molecule has 0 aliphatic carbocycles. The molecule has 0 saturated carbocycles. The third-order valence-corrected chi connectivity index (χ3v) is 3.92. The van der Waals surface area contributed by atoms with E-state index >= 15 is 0 Å². The first-order chi connectivity index (χ1) is 12.6. The van der Waals surface area contributed by atoms with Gasteiger partial charge < -0.3 is 24.1 Å². The first-order valence-electron chi connectivity index (χ1n) is 7.29. The van der Waals surface area contributed by atoms with E-state index in [0.717, 1.165) is 18.2 Å². The molecular weight excluding hydrogens is 393 g/mol. The number of ether oxygens (including phenoxy) is 4. The lowest BCUT2D eigenvalue weighted by Crippen LogP contribution is -2.17. The first kappa shape index (κ1) is 20.5. The van der Waals surface area contributed by atoms with Crippen LogP contribution in [0.1, 0.15) is 15.9 Å². The predicted molar refractivity (Wildman–Crippen MR) is 89.5 cm³/mol. The Bertz CT molecular complexity index is 867. The average Bonchev–Trinajstić information content (AvgIpc) is 2.57. The summed E-state index contributed by atoms with van der Waals surface area (Å²) >= 11 is 6.10. The van der Waals surface area contributed by atoms with E-state index in [9.17, 15) is 23.1 Å². The number of carbonyl (C=O) groups is 1. The predicted octanol–water partition coefficient (Wildman–Crippen LogP) is 5.05. The van der Waals surface area contributed by atoms with E-state index in [4.69, 9.17) is 25.8 Å². The summed E-state index contributed by atoms with van der Waals surface area (Å²) < 4.78 is 56.5. The summed E-state index contributed by atoms with van der Waals surface area (Å²) in [4.78, 5) is 11.6. The fourth-order valence-corrected chi connectivity index (χ4v) is 2.51. The molecule has 2 aromatic carbocycles. The van der Waals surface area contributed by atoms with Crippen molar-refractivity contribution in [2.75, 3.05) is 14.2 Å². The van der Waals surface area contributed by atoms with E-state index in [1.807, 2.05) is 0 Å². The fraction of sp³-hybridized carbons (Fsp3) is 0.235. The summed E-state index contributed by atoms with van der Waals surface area (Å²) in [6.45, 7) is 1.57. The zero-order chi connectivity index (χ0) is 20.4. The third-order valence-electron chi connectivity index (χ3n) is 3.45. The average molecular weight is 407 g/mol. The minimum absolute atomic E-state index is 0.0449. The molecule has 146 valence electrons. The molecule has 0 amide bonds. The highest BCUT2D eigenvalue weighted by Gasteiger charge is 2.31. The number of alkyl halides is 3. The highest BCUT2D eigenvalue weighted by molar-refractivity contribution is 6.34. The van der Waals surface area contributed by atoms with Crippen LogP contribution in [0.3, 0.4) is 0 Å². The number of carboxylic acids is 1. The van der Waals surface area contributed by atoms with Crippen LogP contribution in [0.4, 0.5) is 13.2 Å². The molecule has 0 unspecified atom stereocenters. The summed E-state index contributed by atoms with van der Waals surface area (Å²) in [6.07, 6.45) is -4.87. The fourth-order valence-electron chi connectivity index (χ4n) is 2.24. The molecule has 10 heteroatoms. The van der Waals surface area contributed by atoms with Crippen LogP contribution in [0.2, 0.25) is 5.02 Å². The zero-order valence-corrected chi connectivity index (χ0v) is 15.1. The summed E-state index contributed by atoms with van der Waals surface area (Å²) in [5.74, 6) is -1.92. The molecule has 0 aliphatic rings. The Balaban J connectivity index is 2.50. The van der Waals surface area contributed by atoms with Gasteiger partial charge in [0.05, 0.1) is 19.2 Å². The topological polar surface area (TPSA) is 74.2 Å². The largest absolute Gasteiger partial charge is 0.573 e. The number of carboxylic acid groups (broad SMARTS) is 1. The van der Waals surface area contributed by atoms with Gasteiger partial charge >= 0.3 is 12.3 Å². The Hall–Kier alpha value is -2.81. The molecule has 0 fully saturated rings. The van der Waals surface area contributed by atoms with Gasteiger partial charge in [-0.2, -0.15) is 0 Å². The van der Waals surface area contributed by atoms with Gasteiger partial charge in [0, 0.05) is 17.7 Å². The van der Waals surface area contributed by atoms with Crippen LogP contribution in [0.5, 0.6) is 28.7 Å². The molecule has 0 saturated heterocycles. The smallest absolute Gasteiger partial charge is 0.496 e. The second kappa shape index (κ2) is 7.83. The van der Waals surface area contributed by atoms with Crippen LogP contribution in [0, 0.1) is 6.92 Å². The van der Waals surface area contributed by atoms with E-state index in [0.29, 0.717) is 5.56 Å². The number of benzene rings is 2. The standard InChI is InChI=1S/C17H14ClF3O6/c1-8-11(24-2)7-13(14(15(8)18)16(22)23)26-10-5-4-9(6-12(10)25-3)27-17(19,20)21/h4-7H,1-3H3,(H,22,23). The summed E-state index contributed by atoms with van der Waals surface area (Å²) in [7, 11) is 2.58. The Morgan fingerprint density at radius 3 is 2.19 bits per heavy atom. The normalized spacial score (nSPS) is 11.1. The number of hydrogen-bond donors (Lipinski definition) is 1. The van der Waals surface area contributed by atoms with Gasteiger partial charge in [-0.1, -0.05) is 11.6 Å². The molecule has 0 aliphatic heterocycles. The molecule has 2 rings (SSSR count). The van der Waals surface area contributed by atoms with Crippen LogP contribution in [0.25, 0.3) is 0 Å². The third kappa shape index (κ3) is 4.68. The van der Waals surface area contributed by atoms with E-state index in [1.165, 1.54) is 20.3 Å². The van der Waals surface area contributed by atoms with Gasteiger partial charge in [-0.25, -0.2) is 4.79 Å². The lowest BCUT2D eigenvalue weighted by atomic mass is 10.1. The van der Waals surface area contributed by atoms with Crippen LogP contribution in [-0.2, 0) is 0 Å². The quantitative estimate of drug-likeness (QED) is 0.723. The van der Waals surface area contributed by atoms with E-state index in [1.54, 1.807) is 6.92 Å². The molecule has 27 heavy (non-hydrogen) atoms. The number of rotatable bonds is 6. The maximum Gasteiger partial charge on any atom is 0.573 e. The number of aromatic carboxylic acids is 1. The van der Waals surface area contributed by atoms with E-state index in [-0.39, 0.29) is 33.6 Å². The molecule has 0 spiro atoms. The minimum atomic E-state index is -4.87. The Kier molecular flexibility index (Phi) is 5.94. The summed E-state index contributed by atoms with van der Waals surface area (Å²) in [5, 5.41) is 9.34. The molecule has 0 radical (unpaired) electrons. The van der Waals surface area contributed by atoms with Gasteiger partial charge in [0.15, 0.2) is 11.5 Å². The van der Waals surface area contributed by atoms with E-state index in [2.05, 4.69) is 4.74 Å². The maximum atomic E-state index is 12.3. The van der Waals surface area contributed by atoms with Crippen molar-refractivity contribution < 1.29 is 42.0 Å². The van der Waals surface area contributed by atoms with Crippen molar-refractivity contribution in [3.05, 3.63) is 40.4 Å². The molecule has 2 aromatic rings. The molecule has 1 N–H and O–H groups in total. The second-order valence-electron chi connectivity index (χ2n) is 5.16. The Morgan fingerprint density at radius 1 is 1.04 bits per heavy atom. The van der Waals surface area contributed by atoms with Crippen molar-refractivity contribution in [3.63, 3.8) is 0 Å². The van der Waals surface area contributed by atoms with Crippen molar-refractivity contribution in [1.82, 2.24) is 0 Å².